The maximum Gasteiger partial charge on any atom is 0.284 e. The number of methoxy groups -OCH3 is 1. The molecule has 1 fully saturated rings. The molecule has 0 aliphatic carbocycles. The van der Waals surface area contributed by atoms with Crippen LogP contribution in [0.2, 0.25) is 0 Å². The van der Waals surface area contributed by atoms with Crippen LogP contribution in [-0.2, 0) is 9.59 Å². The van der Waals surface area contributed by atoms with E-state index in [0.29, 0.717) is 21.9 Å². The van der Waals surface area contributed by atoms with Crippen molar-refractivity contribution in [3.63, 3.8) is 0 Å². The molecule has 0 unspecified atom stereocenters. The van der Waals surface area contributed by atoms with Crippen LogP contribution in [0, 0.1) is 0 Å². The van der Waals surface area contributed by atoms with Gasteiger partial charge in [-0.05, 0) is 35.9 Å². The van der Waals surface area contributed by atoms with E-state index < -0.39 is 0 Å². The second-order valence-corrected chi connectivity index (χ2v) is 8.46. The lowest BCUT2D eigenvalue weighted by molar-refractivity contribution is -0.125. The Morgan fingerprint density at radius 2 is 1.84 bits per heavy atom. The van der Waals surface area contributed by atoms with E-state index in [-0.39, 0.29) is 17.6 Å². The summed E-state index contributed by atoms with van der Waals surface area (Å²) in [6.45, 7) is 0. The van der Waals surface area contributed by atoms with E-state index in [1.165, 1.54) is 33.3 Å². The molecular formula is C22H16N4O3S2. The first-order chi connectivity index (χ1) is 15.1. The molecule has 154 valence electrons. The Balaban J connectivity index is 1.43. The molecular weight excluding hydrogens is 432 g/mol. The van der Waals surface area contributed by atoms with Crippen LogP contribution in [0.15, 0.2) is 81.5 Å². The van der Waals surface area contributed by atoms with Crippen molar-refractivity contribution in [2.24, 2.45) is 9.98 Å². The lowest BCUT2D eigenvalue weighted by atomic mass is 10.2. The third kappa shape index (κ3) is 3.66. The minimum absolute atomic E-state index is 0.117. The number of nitrogens with zero attached hydrogens (tertiary/aromatic N) is 4. The summed E-state index contributed by atoms with van der Waals surface area (Å²) in [5.41, 5.74) is 1.90. The molecule has 0 radical (unpaired) electrons. The van der Waals surface area contributed by atoms with Crippen molar-refractivity contribution in [2.75, 3.05) is 12.9 Å². The number of amidine groups is 2. The predicted octanol–water partition coefficient (Wildman–Crippen LogP) is 4.04. The molecule has 3 aliphatic rings. The summed E-state index contributed by atoms with van der Waals surface area (Å²) in [5.74, 6) is 1.09. The fourth-order valence-corrected chi connectivity index (χ4v) is 4.96. The average molecular weight is 449 g/mol. The van der Waals surface area contributed by atoms with Gasteiger partial charge in [0.1, 0.15) is 17.3 Å². The first-order valence-corrected chi connectivity index (χ1v) is 11.3. The zero-order chi connectivity index (χ0) is 21.4. The van der Waals surface area contributed by atoms with Crippen LogP contribution in [0.25, 0.3) is 6.08 Å². The Hall–Kier alpha value is -3.30. The molecule has 1 saturated heterocycles. The maximum absolute atomic E-state index is 13.1. The molecule has 2 amide bonds. The molecule has 0 bridgehead atoms. The van der Waals surface area contributed by atoms with Gasteiger partial charge in [-0.2, -0.15) is 0 Å². The number of aliphatic imine (C=N–C) groups is 2. The molecule has 0 aromatic heterocycles. The highest BCUT2D eigenvalue weighted by atomic mass is 32.2. The summed E-state index contributed by atoms with van der Waals surface area (Å²) in [5, 5.41) is 2.85. The molecule has 0 spiro atoms. The van der Waals surface area contributed by atoms with Gasteiger partial charge in [0.25, 0.3) is 5.91 Å². The lowest BCUT2D eigenvalue weighted by Crippen LogP contribution is -2.39. The molecule has 0 atom stereocenters. The van der Waals surface area contributed by atoms with Crippen LogP contribution in [0.3, 0.4) is 0 Å². The number of hydrogen-bond acceptors (Lipinski definition) is 7. The minimum Gasteiger partial charge on any atom is -0.497 e. The van der Waals surface area contributed by atoms with E-state index in [0.717, 1.165) is 17.0 Å². The van der Waals surface area contributed by atoms with Crippen molar-refractivity contribution in [2.45, 2.75) is 0 Å². The van der Waals surface area contributed by atoms with E-state index in [2.05, 4.69) is 9.98 Å². The van der Waals surface area contributed by atoms with Gasteiger partial charge in [-0.1, -0.05) is 53.9 Å². The predicted molar refractivity (Wildman–Crippen MR) is 124 cm³/mol. The molecule has 7 nitrogen and oxygen atoms in total. The Morgan fingerprint density at radius 1 is 1.06 bits per heavy atom. The standard InChI is InChI=1S/C22H16N4O3S2/c1-29-16-9-7-14(8-10-16)11-17-20(28)26-18(12-30-22(26)24-17)25-19(27)13-31-21(25)23-15-5-3-2-4-6-15/h2-12H,13H2,1H3/b17-11-,23-21?. The van der Waals surface area contributed by atoms with Gasteiger partial charge < -0.3 is 4.74 Å². The summed E-state index contributed by atoms with van der Waals surface area (Å²) in [4.78, 5) is 37.9. The number of benzene rings is 2. The van der Waals surface area contributed by atoms with Crippen molar-refractivity contribution in [3.05, 3.63) is 77.1 Å². The van der Waals surface area contributed by atoms with E-state index >= 15 is 0 Å². The third-order valence-electron chi connectivity index (χ3n) is 4.72. The summed E-state index contributed by atoms with van der Waals surface area (Å²) < 4.78 is 5.17. The van der Waals surface area contributed by atoms with E-state index in [9.17, 15) is 9.59 Å². The van der Waals surface area contributed by atoms with Gasteiger partial charge >= 0.3 is 0 Å². The van der Waals surface area contributed by atoms with Crippen molar-refractivity contribution in [3.8, 4) is 5.75 Å². The Bertz CT molecular complexity index is 1190. The van der Waals surface area contributed by atoms with E-state index in [1.54, 1.807) is 18.6 Å². The summed E-state index contributed by atoms with van der Waals surface area (Å²) in [6.07, 6.45) is 1.73. The SMILES string of the molecule is COc1ccc(/C=C2\N=C3SC=C(N4C(=O)CSC4=Nc4ccccc4)N3C2=O)cc1. The number of amides is 2. The molecule has 0 N–H and O–H groups in total. The smallest absolute Gasteiger partial charge is 0.284 e. The zero-order valence-corrected chi connectivity index (χ0v) is 18.0. The summed E-state index contributed by atoms with van der Waals surface area (Å²) in [6, 6.07) is 16.8. The van der Waals surface area contributed by atoms with Crippen LogP contribution < -0.4 is 4.74 Å². The van der Waals surface area contributed by atoms with E-state index in [4.69, 9.17) is 4.74 Å². The molecule has 5 rings (SSSR count). The third-order valence-corrected chi connectivity index (χ3v) is 6.46. The van der Waals surface area contributed by atoms with Crippen molar-refractivity contribution < 1.29 is 14.3 Å². The highest BCUT2D eigenvalue weighted by Gasteiger charge is 2.44. The monoisotopic (exact) mass is 448 g/mol. The molecule has 31 heavy (non-hydrogen) atoms. The minimum atomic E-state index is -0.272. The number of thioether (sulfide) groups is 2. The van der Waals surface area contributed by atoms with Crippen LogP contribution in [0.4, 0.5) is 5.69 Å². The number of para-hydroxylation sites is 1. The summed E-state index contributed by atoms with van der Waals surface area (Å²) >= 11 is 2.67. The van der Waals surface area contributed by atoms with Gasteiger partial charge in [-0.25, -0.2) is 19.8 Å². The number of hydrogen-bond donors (Lipinski definition) is 0. The Kier molecular flexibility index (Phi) is 5.13. The molecule has 9 heteroatoms. The largest absolute Gasteiger partial charge is 0.497 e. The van der Waals surface area contributed by atoms with Gasteiger partial charge in [0.15, 0.2) is 10.3 Å². The summed E-state index contributed by atoms with van der Waals surface area (Å²) in [7, 11) is 1.60. The van der Waals surface area contributed by atoms with Crippen molar-refractivity contribution >= 4 is 57.4 Å². The molecule has 2 aromatic rings. The fraction of sp³-hybridized carbons (Fsp3) is 0.0909. The number of ether oxygens (including phenoxy) is 1. The highest BCUT2D eigenvalue weighted by molar-refractivity contribution is 8.16. The number of carbonyl (C=O) groups is 2. The topological polar surface area (TPSA) is 74.6 Å². The second-order valence-electron chi connectivity index (χ2n) is 6.68. The number of carbonyl (C=O) groups excluding carboxylic acids is 2. The van der Waals surface area contributed by atoms with Gasteiger partial charge in [0, 0.05) is 5.41 Å². The van der Waals surface area contributed by atoms with Gasteiger partial charge in [0.05, 0.1) is 18.6 Å². The Morgan fingerprint density at radius 3 is 2.58 bits per heavy atom. The first-order valence-electron chi connectivity index (χ1n) is 9.39. The van der Waals surface area contributed by atoms with Crippen LogP contribution in [0.5, 0.6) is 5.75 Å². The first kappa shape index (κ1) is 19.7. The van der Waals surface area contributed by atoms with Crippen molar-refractivity contribution in [1.29, 1.82) is 0 Å². The Labute approximate surface area is 187 Å². The molecule has 3 heterocycles. The van der Waals surface area contributed by atoms with Gasteiger partial charge in [-0.3, -0.25) is 9.59 Å². The van der Waals surface area contributed by atoms with Crippen molar-refractivity contribution in [1.82, 2.24) is 9.80 Å². The normalized spacial score (nSPS) is 20.5. The fourth-order valence-electron chi connectivity index (χ4n) is 3.23. The zero-order valence-electron chi connectivity index (χ0n) is 16.4. The average Bonchev–Trinajstić information content (AvgIpc) is 3.45. The second kappa shape index (κ2) is 8.09. The van der Waals surface area contributed by atoms with Crippen LogP contribution in [0.1, 0.15) is 5.56 Å². The van der Waals surface area contributed by atoms with Crippen LogP contribution >= 0.6 is 23.5 Å². The lowest BCUT2D eigenvalue weighted by Gasteiger charge is -2.23. The number of fused-ring (bicyclic) bond motifs is 1. The molecule has 2 aromatic carbocycles. The van der Waals surface area contributed by atoms with Crippen LogP contribution in [-0.4, -0.2) is 44.8 Å². The number of rotatable bonds is 4. The maximum atomic E-state index is 13.1. The molecule has 3 aliphatic heterocycles. The molecule has 0 saturated carbocycles. The van der Waals surface area contributed by atoms with Gasteiger partial charge in [-0.15, -0.1) is 0 Å². The quantitative estimate of drug-likeness (QED) is 0.660. The van der Waals surface area contributed by atoms with E-state index in [1.807, 2.05) is 54.6 Å². The highest BCUT2D eigenvalue weighted by Crippen LogP contribution is 2.39. The van der Waals surface area contributed by atoms with Gasteiger partial charge in [0.2, 0.25) is 5.91 Å².